The fraction of sp³-hybridized carbons (Fsp3) is 0.214. The molecule has 1 unspecified atom stereocenters. The van der Waals surface area contributed by atoms with Crippen LogP contribution < -0.4 is 5.32 Å². The predicted molar refractivity (Wildman–Crippen MR) is 138 cm³/mol. The van der Waals surface area contributed by atoms with E-state index in [2.05, 4.69) is 15.4 Å². The zero-order valence-corrected chi connectivity index (χ0v) is 21.2. The number of aliphatic carboxylic acids is 1. The van der Waals surface area contributed by atoms with Gasteiger partial charge in [0.15, 0.2) is 0 Å². The molecule has 2 heterocycles. The molecule has 10 heteroatoms. The number of amides is 1. The molecule has 8 nitrogen and oxygen atoms in total. The van der Waals surface area contributed by atoms with Gasteiger partial charge in [0.25, 0.3) is 0 Å². The molecule has 2 N–H and O–H groups in total. The van der Waals surface area contributed by atoms with E-state index in [1.54, 1.807) is 66.5 Å². The second-order valence-electron chi connectivity index (χ2n) is 9.14. The Bertz CT molecular complexity index is 1500. The number of rotatable bonds is 8. The molecule has 4 aromatic rings. The van der Waals surface area contributed by atoms with Crippen LogP contribution >= 0.6 is 11.6 Å². The second kappa shape index (κ2) is 10.3. The number of hydrogen-bond acceptors (Lipinski definition) is 5. The number of carbonyl (C=O) groups excluding carboxylic acids is 1. The van der Waals surface area contributed by atoms with Crippen LogP contribution in [0.1, 0.15) is 42.7 Å². The summed E-state index contributed by atoms with van der Waals surface area (Å²) in [5, 5.41) is 17.0. The third kappa shape index (κ3) is 4.97. The van der Waals surface area contributed by atoms with Crippen LogP contribution in [0.25, 0.3) is 16.9 Å². The van der Waals surface area contributed by atoms with Gasteiger partial charge in [-0.3, -0.25) is 9.78 Å². The molecule has 0 spiro atoms. The number of carbonyl (C=O) groups is 2. The second-order valence-corrected chi connectivity index (χ2v) is 9.55. The van der Waals surface area contributed by atoms with E-state index in [9.17, 15) is 19.1 Å². The Labute approximate surface area is 223 Å². The molecule has 0 bridgehead atoms. The Morgan fingerprint density at radius 1 is 1.18 bits per heavy atom. The largest absolute Gasteiger partial charge is 0.481 e. The van der Waals surface area contributed by atoms with Gasteiger partial charge in [-0.1, -0.05) is 41.9 Å². The summed E-state index contributed by atoms with van der Waals surface area (Å²) < 4.78 is 21.8. The number of hydrogen-bond donors (Lipinski definition) is 2. The maximum absolute atomic E-state index is 14.8. The molecule has 1 amide bonds. The topological polar surface area (TPSA) is 106 Å². The van der Waals surface area contributed by atoms with Gasteiger partial charge in [0.2, 0.25) is 0 Å². The number of ether oxygens (including phenoxy) is 1. The first-order chi connectivity index (χ1) is 18.3. The van der Waals surface area contributed by atoms with Crippen molar-refractivity contribution in [3.05, 3.63) is 101 Å². The van der Waals surface area contributed by atoms with Crippen molar-refractivity contribution in [3.8, 4) is 16.9 Å². The molecule has 38 heavy (non-hydrogen) atoms. The molecule has 1 saturated carbocycles. The zero-order valence-electron chi connectivity index (χ0n) is 20.4. The standard InChI is InChI=1S/C28H24ClFN4O4/c1-17(21-4-2-3-5-23(21)29)38-27(37)32-16-20-10-13-33-34(20)19-7-9-25(31-15-19)18-6-8-22(24(30)14-18)28(11-12-28)26(35)36/h2-10,13-15,17H,11-12,16H2,1H3,(H,32,37)(H,35,36). The number of alkyl carbamates (subject to hydrolysis) is 1. The molecule has 2 aromatic carbocycles. The van der Waals surface area contributed by atoms with Crippen molar-refractivity contribution in [2.45, 2.75) is 37.8 Å². The van der Waals surface area contributed by atoms with Crippen LogP contribution in [0.2, 0.25) is 5.02 Å². The van der Waals surface area contributed by atoms with E-state index < -0.39 is 29.4 Å². The number of carboxylic acids is 1. The molecule has 2 aromatic heterocycles. The summed E-state index contributed by atoms with van der Waals surface area (Å²) in [7, 11) is 0. The third-order valence-corrected chi connectivity index (χ3v) is 7.04. The lowest BCUT2D eigenvalue weighted by Gasteiger charge is -2.16. The summed E-state index contributed by atoms with van der Waals surface area (Å²) in [5.41, 5.74) is 2.22. The first-order valence-corrected chi connectivity index (χ1v) is 12.4. The van der Waals surface area contributed by atoms with Crippen LogP contribution in [0.15, 0.2) is 73.1 Å². The zero-order chi connectivity index (χ0) is 26.9. The summed E-state index contributed by atoms with van der Waals surface area (Å²) in [6.07, 6.45) is 2.94. The SMILES string of the molecule is CC(OC(=O)NCc1ccnn1-c1ccc(-c2ccc(C3(C(=O)O)CC3)c(F)c2)nc1)c1ccccc1Cl. The molecular weight excluding hydrogens is 511 g/mol. The van der Waals surface area contributed by atoms with Crippen LogP contribution in [-0.4, -0.2) is 31.9 Å². The maximum Gasteiger partial charge on any atom is 0.408 e. The average molecular weight is 535 g/mol. The minimum Gasteiger partial charge on any atom is -0.481 e. The van der Waals surface area contributed by atoms with Gasteiger partial charge in [-0.25, -0.2) is 13.9 Å². The minimum absolute atomic E-state index is 0.161. The summed E-state index contributed by atoms with van der Waals surface area (Å²) in [5.74, 6) is -1.55. The lowest BCUT2D eigenvalue weighted by Crippen LogP contribution is -2.26. The lowest BCUT2D eigenvalue weighted by molar-refractivity contribution is -0.140. The lowest BCUT2D eigenvalue weighted by atomic mass is 9.94. The van der Waals surface area contributed by atoms with Crippen molar-refractivity contribution < 1.29 is 23.8 Å². The number of nitrogens with zero attached hydrogens (tertiary/aromatic N) is 3. The Balaban J connectivity index is 1.24. The summed E-state index contributed by atoms with van der Waals surface area (Å²) in [6.45, 7) is 1.90. The molecule has 0 radical (unpaired) electrons. The van der Waals surface area contributed by atoms with E-state index in [0.717, 1.165) is 0 Å². The van der Waals surface area contributed by atoms with Gasteiger partial charge in [-0.15, -0.1) is 0 Å². The third-order valence-electron chi connectivity index (χ3n) is 6.69. The van der Waals surface area contributed by atoms with Crippen LogP contribution in [-0.2, 0) is 21.5 Å². The van der Waals surface area contributed by atoms with E-state index in [4.69, 9.17) is 16.3 Å². The quantitative estimate of drug-likeness (QED) is 0.294. The summed E-state index contributed by atoms with van der Waals surface area (Å²) >= 11 is 6.18. The first kappa shape index (κ1) is 25.4. The molecule has 0 saturated heterocycles. The van der Waals surface area contributed by atoms with E-state index in [-0.39, 0.29) is 12.1 Å². The molecule has 1 aliphatic rings. The van der Waals surface area contributed by atoms with Crippen molar-refractivity contribution in [1.29, 1.82) is 0 Å². The Morgan fingerprint density at radius 2 is 1.97 bits per heavy atom. The Morgan fingerprint density at radius 3 is 2.63 bits per heavy atom. The van der Waals surface area contributed by atoms with Gasteiger partial charge in [0.05, 0.1) is 35.2 Å². The van der Waals surface area contributed by atoms with Gasteiger partial charge < -0.3 is 15.2 Å². The maximum atomic E-state index is 14.8. The van der Waals surface area contributed by atoms with E-state index in [1.807, 2.05) is 6.07 Å². The van der Waals surface area contributed by atoms with Gasteiger partial charge in [0, 0.05) is 27.9 Å². The molecule has 1 fully saturated rings. The van der Waals surface area contributed by atoms with Crippen LogP contribution in [0.3, 0.4) is 0 Å². The van der Waals surface area contributed by atoms with Gasteiger partial charge in [0.1, 0.15) is 11.9 Å². The summed E-state index contributed by atoms with van der Waals surface area (Å²) in [4.78, 5) is 28.3. The van der Waals surface area contributed by atoms with E-state index in [0.29, 0.717) is 46.1 Å². The van der Waals surface area contributed by atoms with Gasteiger partial charge in [-0.2, -0.15) is 5.10 Å². The number of aromatic nitrogens is 3. The van der Waals surface area contributed by atoms with Crippen LogP contribution in [0.5, 0.6) is 0 Å². The predicted octanol–water partition coefficient (Wildman–Crippen LogP) is 5.83. The van der Waals surface area contributed by atoms with Gasteiger partial charge in [-0.05, 0) is 50.1 Å². The van der Waals surface area contributed by atoms with Crippen molar-refractivity contribution in [3.63, 3.8) is 0 Å². The number of carboxylic acid groups (broad SMARTS) is 1. The number of halogens is 2. The molecule has 5 rings (SSSR count). The molecule has 1 atom stereocenters. The first-order valence-electron chi connectivity index (χ1n) is 12.0. The Hall–Kier alpha value is -4.24. The van der Waals surface area contributed by atoms with E-state index >= 15 is 0 Å². The van der Waals surface area contributed by atoms with E-state index in [1.165, 1.54) is 12.1 Å². The highest BCUT2D eigenvalue weighted by molar-refractivity contribution is 6.31. The number of benzene rings is 2. The molecule has 1 aliphatic carbocycles. The average Bonchev–Trinajstić information content (AvgIpc) is 3.58. The molecule has 194 valence electrons. The molecular formula is C28H24ClFN4O4. The number of pyridine rings is 1. The number of nitrogens with one attached hydrogen (secondary N) is 1. The van der Waals surface area contributed by atoms with Crippen LogP contribution in [0, 0.1) is 5.82 Å². The highest BCUT2D eigenvalue weighted by atomic mass is 35.5. The van der Waals surface area contributed by atoms with Crippen molar-refractivity contribution in [1.82, 2.24) is 20.1 Å². The normalized spacial score (nSPS) is 14.5. The Kier molecular flexibility index (Phi) is 6.86. The van der Waals surface area contributed by atoms with Crippen molar-refractivity contribution >= 4 is 23.7 Å². The fourth-order valence-corrected chi connectivity index (χ4v) is 4.69. The molecule has 0 aliphatic heterocycles. The summed E-state index contributed by atoms with van der Waals surface area (Å²) in [6, 6.07) is 17.0. The van der Waals surface area contributed by atoms with Gasteiger partial charge >= 0.3 is 12.1 Å². The minimum atomic E-state index is -1.11. The smallest absolute Gasteiger partial charge is 0.408 e. The highest BCUT2D eigenvalue weighted by Gasteiger charge is 2.53. The monoisotopic (exact) mass is 534 g/mol. The van der Waals surface area contributed by atoms with Crippen molar-refractivity contribution in [2.75, 3.05) is 0 Å². The fourth-order valence-electron chi connectivity index (χ4n) is 4.40. The van der Waals surface area contributed by atoms with Crippen LogP contribution in [0.4, 0.5) is 9.18 Å². The van der Waals surface area contributed by atoms with Crippen molar-refractivity contribution in [2.24, 2.45) is 0 Å². The highest BCUT2D eigenvalue weighted by Crippen LogP contribution is 2.49.